The van der Waals surface area contributed by atoms with Gasteiger partial charge in [0.2, 0.25) is 5.91 Å². The standard InChI is InChI=1S/C20H18N4O3/c1-14-6-8-15(9-7-14)24-19-17(5-2-10-21-19)23(20(24)26)13-18(25)22-12-16-4-3-11-27-16/h2-11H,12-13H2,1H3,(H,22,25). The lowest BCUT2D eigenvalue weighted by Gasteiger charge is -2.05. The molecule has 0 unspecified atom stereocenters. The van der Waals surface area contributed by atoms with Crippen LogP contribution < -0.4 is 11.0 Å². The number of benzene rings is 1. The fourth-order valence-electron chi connectivity index (χ4n) is 2.96. The van der Waals surface area contributed by atoms with Gasteiger partial charge in [0.05, 0.1) is 24.0 Å². The number of fused-ring (bicyclic) bond motifs is 1. The lowest BCUT2D eigenvalue weighted by atomic mass is 10.2. The van der Waals surface area contributed by atoms with Gasteiger partial charge >= 0.3 is 5.69 Å². The van der Waals surface area contributed by atoms with Crippen LogP contribution in [0.5, 0.6) is 0 Å². The normalized spacial score (nSPS) is 11.0. The van der Waals surface area contributed by atoms with Crippen LogP contribution in [0.4, 0.5) is 0 Å². The summed E-state index contributed by atoms with van der Waals surface area (Å²) in [5.74, 6) is 0.375. The molecule has 4 rings (SSSR count). The third kappa shape index (κ3) is 3.27. The van der Waals surface area contributed by atoms with E-state index in [0.717, 1.165) is 5.56 Å². The van der Waals surface area contributed by atoms with Crippen molar-refractivity contribution < 1.29 is 9.21 Å². The first-order valence-electron chi connectivity index (χ1n) is 8.56. The van der Waals surface area contributed by atoms with E-state index in [-0.39, 0.29) is 24.7 Å². The Morgan fingerprint density at radius 2 is 1.96 bits per heavy atom. The molecule has 7 heteroatoms. The van der Waals surface area contributed by atoms with Gasteiger partial charge in [0.25, 0.3) is 0 Å². The predicted molar refractivity (Wildman–Crippen MR) is 101 cm³/mol. The molecule has 1 amide bonds. The number of rotatable bonds is 5. The molecule has 0 radical (unpaired) electrons. The number of nitrogens with zero attached hydrogens (tertiary/aromatic N) is 3. The van der Waals surface area contributed by atoms with Crippen molar-refractivity contribution in [2.75, 3.05) is 0 Å². The summed E-state index contributed by atoms with van der Waals surface area (Å²) in [4.78, 5) is 29.7. The van der Waals surface area contributed by atoms with Crippen LogP contribution in [0.2, 0.25) is 0 Å². The van der Waals surface area contributed by atoms with E-state index < -0.39 is 0 Å². The Morgan fingerprint density at radius 3 is 2.70 bits per heavy atom. The van der Waals surface area contributed by atoms with E-state index in [1.54, 1.807) is 36.7 Å². The Morgan fingerprint density at radius 1 is 1.15 bits per heavy atom. The molecule has 27 heavy (non-hydrogen) atoms. The first-order valence-corrected chi connectivity index (χ1v) is 8.56. The molecule has 0 bridgehead atoms. The average molecular weight is 362 g/mol. The van der Waals surface area contributed by atoms with Crippen molar-refractivity contribution in [2.45, 2.75) is 20.0 Å². The van der Waals surface area contributed by atoms with E-state index in [0.29, 0.717) is 22.6 Å². The maximum atomic E-state index is 13.0. The number of furan rings is 1. The minimum Gasteiger partial charge on any atom is -0.467 e. The second-order valence-electron chi connectivity index (χ2n) is 6.24. The number of pyridine rings is 1. The van der Waals surface area contributed by atoms with Gasteiger partial charge < -0.3 is 9.73 Å². The Balaban J connectivity index is 1.68. The molecular formula is C20H18N4O3. The quantitative estimate of drug-likeness (QED) is 0.591. The van der Waals surface area contributed by atoms with Crippen molar-refractivity contribution in [3.8, 4) is 5.69 Å². The van der Waals surface area contributed by atoms with Crippen molar-refractivity contribution in [3.63, 3.8) is 0 Å². The minimum atomic E-state index is -0.305. The van der Waals surface area contributed by atoms with Crippen molar-refractivity contribution in [1.82, 2.24) is 19.4 Å². The third-order valence-corrected chi connectivity index (χ3v) is 4.32. The van der Waals surface area contributed by atoms with Gasteiger partial charge in [-0.3, -0.25) is 9.36 Å². The van der Waals surface area contributed by atoms with E-state index in [4.69, 9.17) is 4.42 Å². The number of hydrogen-bond acceptors (Lipinski definition) is 4. The maximum Gasteiger partial charge on any atom is 0.335 e. The van der Waals surface area contributed by atoms with Crippen molar-refractivity contribution in [2.24, 2.45) is 0 Å². The van der Waals surface area contributed by atoms with Crippen LogP contribution in [0, 0.1) is 6.92 Å². The zero-order valence-corrected chi connectivity index (χ0v) is 14.8. The van der Waals surface area contributed by atoms with Gasteiger partial charge in [-0.25, -0.2) is 14.3 Å². The smallest absolute Gasteiger partial charge is 0.335 e. The molecule has 0 aliphatic carbocycles. The average Bonchev–Trinajstić information content (AvgIpc) is 3.28. The summed E-state index contributed by atoms with van der Waals surface area (Å²) in [5, 5.41) is 2.76. The van der Waals surface area contributed by atoms with Crippen LogP contribution in [0.15, 0.2) is 70.2 Å². The lowest BCUT2D eigenvalue weighted by molar-refractivity contribution is -0.121. The van der Waals surface area contributed by atoms with Gasteiger partial charge in [-0.2, -0.15) is 0 Å². The zero-order valence-electron chi connectivity index (χ0n) is 14.8. The van der Waals surface area contributed by atoms with E-state index in [1.807, 2.05) is 31.2 Å². The SMILES string of the molecule is Cc1ccc(-n2c(=O)n(CC(=O)NCc3ccco3)c3cccnc32)cc1. The Kier molecular flexibility index (Phi) is 4.33. The number of aryl methyl sites for hydroxylation is 1. The summed E-state index contributed by atoms with van der Waals surface area (Å²) in [6, 6.07) is 14.7. The van der Waals surface area contributed by atoms with Gasteiger partial charge in [-0.05, 0) is 43.3 Å². The number of carbonyl (C=O) groups is 1. The second kappa shape index (κ2) is 6.95. The first-order chi connectivity index (χ1) is 13.1. The molecule has 7 nitrogen and oxygen atoms in total. The highest BCUT2D eigenvalue weighted by Crippen LogP contribution is 2.16. The molecule has 0 spiro atoms. The summed E-state index contributed by atoms with van der Waals surface area (Å²) in [6.45, 7) is 2.16. The molecule has 0 fully saturated rings. The number of nitrogens with one attached hydrogen (secondary N) is 1. The molecule has 3 heterocycles. The molecule has 0 saturated carbocycles. The topological polar surface area (TPSA) is 82.1 Å². The van der Waals surface area contributed by atoms with Crippen molar-refractivity contribution in [3.05, 3.63) is 82.8 Å². The Labute approximate surface area is 154 Å². The predicted octanol–water partition coefficient (Wildman–Crippen LogP) is 2.41. The van der Waals surface area contributed by atoms with Gasteiger partial charge in [0.1, 0.15) is 12.3 Å². The van der Waals surface area contributed by atoms with E-state index in [2.05, 4.69) is 10.3 Å². The van der Waals surface area contributed by atoms with E-state index in [1.165, 1.54) is 9.13 Å². The van der Waals surface area contributed by atoms with Crippen molar-refractivity contribution in [1.29, 1.82) is 0 Å². The van der Waals surface area contributed by atoms with Crippen LogP contribution in [0.3, 0.4) is 0 Å². The fourth-order valence-corrected chi connectivity index (χ4v) is 2.96. The molecule has 0 saturated heterocycles. The van der Waals surface area contributed by atoms with Crippen LogP contribution in [0.1, 0.15) is 11.3 Å². The highest BCUT2D eigenvalue weighted by molar-refractivity contribution is 5.80. The molecule has 0 aliphatic heterocycles. The number of hydrogen-bond donors (Lipinski definition) is 1. The molecule has 0 atom stereocenters. The van der Waals surface area contributed by atoms with Gasteiger partial charge in [-0.15, -0.1) is 0 Å². The van der Waals surface area contributed by atoms with Gasteiger partial charge in [-0.1, -0.05) is 17.7 Å². The lowest BCUT2D eigenvalue weighted by Crippen LogP contribution is -2.32. The third-order valence-electron chi connectivity index (χ3n) is 4.32. The zero-order chi connectivity index (χ0) is 18.8. The maximum absolute atomic E-state index is 13.0. The molecule has 3 aromatic heterocycles. The molecule has 4 aromatic rings. The molecule has 1 N–H and O–H groups in total. The summed E-state index contributed by atoms with van der Waals surface area (Å²) in [6.07, 6.45) is 3.18. The minimum absolute atomic E-state index is 0.0966. The Bertz CT molecular complexity index is 1140. The molecule has 136 valence electrons. The van der Waals surface area contributed by atoms with Crippen LogP contribution in [-0.2, 0) is 17.9 Å². The largest absolute Gasteiger partial charge is 0.467 e. The van der Waals surface area contributed by atoms with E-state index in [9.17, 15) is 9.59 Å². The van der Waals surface area contributed by atoms with Crippen molar-refractivity contribution >= 4 is 17.1 Å². The fraction of sp³-hybridized carbons (Fsp3) is 0.150. The highest BCUT2D eigenvalue weighted by Gasteiger charge is 2.17. The first kappa shape index (κ1) is 16.8. The van der Waals surface area contributed by atoms with Gasteiger partial charge in [0.15, 0.2) is 5.65 Å². The second-order valence-corrected chi connectivity index (χ2v) is 6.24. The number of amides is 1. The highest BCUT2D eigenvalue weighted by atomic mass is 16.3. The van der Waals surface area contributed by atoms with Crippen LogP contribution >= 0.6 is 0 Å². The number of aromatic nitrogens is 3. The molecule has 1 aromatic carbocycles. The number of carbonyl (C=O) groups excluding carboxylic acids is 1. The van der Waals surface area contributed by atoms with Crippen LogP contribution in [0.25, 0.3) is 16.9 Å². The summed E-state index contributed by atoms with van der Waals surface area (Å²) in [5.41, 5.74) is 2.63. The molecule has 0 aliphatic rings. The summed E-state index contributed by atoms with van der Waals surface area (Å²) < 4.78 is 8.15. The Hall–Kier alpha value is -3.61. The summed E-state index contributed by atoms with van der Waals surface area (Å²) in [7, 11) is 0. The van der Waals surface area contributed by atoms with Crippen LogP contribution in [-0.4, -0.2) is 20.0 Å². The molecular weight excluding hydrogens is 344 g/mol. The van der Waals surface area contributed by atoms with Gasteiger partial charge in [0, 0.05) is 6.20 Å². The van der Waals surface area contributed by atoms with E-state index >= 15 is 0 Å². The summed E-state index contributed by atoms with van der Waals surface area (Å²) >= 11 is 0. The monoisotopic (exact) mass is 362 g/mol. The number of imidazole rings is 1.